The van der Waals surface area contributed by atoms with Gasteiger partial charge in [0.2, 0.25) is 0 Å². The third-order valence-electron chi connectivity index (χ3n) is 3.39. The average molecular weight is 284 g/mol. The predicted octanol–water partition coefficient (Wildman–Crippen LogP) is 1.91. The van der Waals surface area contributed by atoms with E-state index in [0.29, 0.717) is 16.5 Å². The second-order valence-corrected chi connectivity index (χ2v) is 5.11. The first-order valence-electron chi connectivity index (χ1n) is 6.17. The van der Waals surface area contributed by atoms with Gasteiger partial charge < -0.3 is 20.6 Å². The van der Waals surface area contributed by atoms with Crippen molar-refractivity contribution >= 4 is 23.1 Å². The minimum Gasteiger partial charge on any atom is -0.409 e. The first-order valence-corrected chi connectivity index (χ1v) is 6.54. The second kappa shape index (κ2) is 6.12. The lowest BCUT2D eigenvalue weighted by atomic mass is 10.1. The van der Waals surface area contributed by atoms with Gasteiger partial charge in [-0.2, -0.15) is 0 Å². The lowest BCUT2D eigenvalue weighted by Gasteiger charge is -2.19. The van der Waals surface area contributed by atoms with Crippen LogP contribution in [-0.4, -0.2) is 37.8 Å². The summed E-state index contributed by atoms with van der Waals surface area (Å²) in [6.07, 6.45) is 1.12. The number of amidine groups is 1. The van der Waals surface area contributed by atoms with E-state index in [-0.39, 0.29) is 5.84 Å². The van der Waals surface area contributed by atoms with Crippen LogP contribution in [-0.2, 0) is 4.74 Å². The highest BCUT2D eigenvalue weighted by atomic mass is 35.5. The summed E-state index contributed by atoms with van der Waals surface area (Å²) in [6.45, 7) is 2.74. The molecule has 104 valence electrons. The fourth-order valence-electron chi connectivity index (χ4n) is 2.40. The van der Waals surface area contributed by atoms with E-state index >= 15 is 0 Å². The molecule has 1 heterocycles. The number of halogens is 1. The monoisotopic (exact) mass is 283 g/mol. The second-order valence-electron chi connectivity index (χ2n) is 4.71. The molecule has 6 heteroatoms. The number of hydrogen-bond acceptors (Lipinski definition) is 4. The summed E-state index contributed by atoms with van der Waals surface area (Å²) in [5.41, 5.74) is 7.14. The molecule has 5 nitrogen and oxygen atoms in total. The van der Waals surface area contributed by atoms with Crippen LogP contribution in [0.15, 0.2) is 23.4 Å². The minimum absolute atomic E-state index is 0.0234. The van der Waals surface area contributed by atoms with Crippen LogP contribution in [0.5, 0.6) is 0 Å². The number of ether oxygens (including phenoxy) is 1. The Morgan fingerprint density at radius 2 is 2.42 bits per heavy atom. The van der Waals surface area contributed by atoms with E-state index in [1.54, 1.807) is 13.2 Å². The van der Waals surface area contributed by atoms with Gasteiger partial charge in [-0.05, 0) is 24.6 Å². The zero-order chi connectivity index (χ0) is 13.8. The van der Waals surface area contributed by atoms with Gasteiger partial charge in [-0.15, -0.1) is 0 Å². The molecule has 2 rings (SSSR count). The van der Waals surface area contributed by atoms with E-state index < -0.39 is 0 Å². The molecule has 0 spiro atoms. The zero-order valence-corrected chi connectivity index (χ0v) is 11.6. The fourth-order valence-corrected chi connectivity index (χ4v) is 2.67. The topological polar surface area (TPSA) is 71.1 Å². The van der Waals surface area contributed by atoms with Crippen LogP contribution in [0.25, 0.3) is 0 Å². The summed E-state index contributed by atoms with van der Waals surface area (Å²) in [5.74, 6) is 0.586. The molecule has 3 N–H and O–H groups in total. The van der Waals surface area contributed by atoms with Crippen LogP contribution in [0.1, 0.15) is 12.0 Å². The number of rotatable bonds is 4. The Labute approximate surface area is 117 Å². The van der Waals surface area contributed by atoms with Crippen molar-refractivity contribution in [3.05, 3.63) is 28.8 Å². The third-order valence-corrected chi connectivity index (χ3v) is 3.70. The molecule has 1 unspecified atom stereocenters. The van der Waals surface area contributed by atoms with E-state index in [9.17, 15) is 0 Å². The van der Waals surface area contributed by atoms with Crippen LogP contribution < -0.4 is 10.6 Å². The SMILES string of the molecule is COCC1CCN(c2ccc(C(N)=NO)c(Cl)c2)C1. The van der Waals surface area contributed by atoms with Crippen LogP contribution in [0.2, 0.25) is 5.02 Å². The fraction of sp³-hybridized carbons (Fsp3) is 0.462. The standard InChI is InChI=1S/C13H18ClN3O2/c1-19-8-9-4-5-17(7-9)10-2-3-11(12(14)6-10)13(15)16-18/h2-3,6,9,18H,4-5,7-8H2,1H3,(H2,15,16). The van der Waals surface area contributed by atoms with Crippen molar-refractivity contribution < 1.29 is 9.94 Å². The first kappa shape index (κ1) is 14.0. The van der Waals surface area contributed by atoms with Gasteiger partial charge in [0, 0.05) is 37.4 Å². The molecule has 0 amide bonds. The molecule has 1 aliphatic heterocycles. The van der Waals surface area contributed by atoms with Gasteiger partial charge in [0.25, 0.3) is 0 Å². The van der Waals surface area contributed by atoms with Gasteiger partial charge in [0.05, 0.1) is 11.6 Å². The Hall–Kier alpha value is -1.46. The Morgan fingerprint density at radius 3 is 3.05 bits per heavy atom. The van der Waals surface area contributed by atoms with Crippen molar-refractivity contribution in [3.63, 3.8) is 0 Å². The molecule has 1 aromatic carbocycles. The lowest BCUT2D eigenvalue weighted by molar-refractivity contribution is 0.161. The number of oxime groups is 1. The quantitative estimate of drug-likeness (QED) is 0.383. The van der Waals surface area contributed by atoms with Crippen LogP contribution in [0, 0.1) is 5.92 Å². The van der Waals surface area contributed by atoms with Gasteiger partial charge >= 0.3 is 0 Å². The Kier molecular flexibility index (Phi) is 4.50. The van der Waals surface area contributed by atoms with E-state index in [2.05, 4.69) is 10.1 Å². The molecular weight excluding hydrogens is 266 g/mol. The molecule has 0 radical (unpaired) electrons. The number of methoxy groups -OCH3 is 1. The summed E-state index contributed by atoms with van der Waals surface area (Å²) in [5, 5.41) is 12.1. The van der Waals surface area contributed by atoms with Gasteiger partial charge in [0.15, 0.2) is 5.84 Å². The van der Waals surface area contributed by atoms with Crippen molar-refractivity contribution in [1.82, 2.24) is 0 Å². The molecule has 0 aromatic heterocycles. The minimum atomic E-state index is 0.0234. The number of nitrogens with zero attached hydrogens (tertiary/aromatic N) is 2. The van der Waals surface area contributed by atoms with Gasteiger partial charge in [-0.25, -0.2) is 0 Å². The Balaban J connectivity index is 2.13. The molecule has 0 aliphatic carbocycles. The Bertz CT molecular complexity index is 479. The maximum Gasteiger partial charge on any atom is 0.171 e. The lowest BCUT2D eigenvalue weighted by Crippen LogP contribution is -2.21. The van der Waals surface area contributed by atoms with Crippen LogP contribution in [0.4, 0.5) is 5.69 Å². The smallest absolute Gasteiger partial charge is 0.171 e. The molecule has 1 aromatic rings. The molecule has 1 atom stereocenters. The number of benzene rings is 1. The molecule has 1 aliphatic rings. The van der Waals surface area contributed by atoms with Gasteiger partial charge in [0.1, 0.15) is 0 Å². The van der Waals surface area contributed by atoms with Crippen molar-refractivity contribution in [3.8, 4) is 0 Å². The summed E-state index contributed by atoms with van der Waals surface area (Å²) in [6, 6.07) is 5.56. The van der Waals surface area contributed by atoms with Crippen molar-refractivity contribution in [2.45, 2.75) is 6.42 Å². The molecular formula is C13H18ClN3O2. The maximum atomic E-state index is 8.67. The summed E-state index contributed by atoms with van der Waals surface area (Å²) >= 11 is 6.16. The summed E-state index contributed by atoms with van der Waals surface area (Å²) < 4.78 is 5.19. The zero-order valence-electron chi connectivity index (χ0n) is 10.8. The van der Waals surface area contributed by atoms with Crippen molar-refractivity contribution in [2.24, 2.45) is 16.8 Å². The van der Waals surface area contributed by atoms with Gasteiger partial charge in [-0.3, -0.25) is 0 Å². The maximum absolute atomic E-state index is 8.67. The van der Waals surface area contributed by atoms with Crippen molar-refractivity contribution in [2.75, 3.05) is 31.7 Å². The molecule has 1 saturated heterocycles. The Morgan fingerprint density at radius 1 is 1.63 bits per heavy atom. The highest BCUT2D eigenvalue weighted by Crippen LogP contribution is 2.28. The van der Waals surface area contributed by atoms with Crippen molar-refractivity contribution in [1.29, 1.82) is 0 Å². The number of anilines is 1. The highest BCUT2D eigenvalue weighted by Gasteiger charge is 2.23. The average Bonchev–Trinajstić information content (AvgIpc) is 2.87. The molecule has 0 bridgehead atoms. The first-order chi connectivity index (χ1) is 9.15. The summed E-state index contributed by atoms with van der Waals surface area (Å²) in [4.78, 5) is 2.27. The van der Waals surface area contributed by atoms with Crippen LogP contribution in [0.3, 0.4) is 0 Å². The van der Waals surface area contributed by atoms with E-state index in [0.717, 1.165) is 31.8 Å². The largest absolute Gasteiger partial charge is 0.409 e. The molecule has 19 heavy (non-hydrogen) atoms. The van der Waals surface area contributed by atoms with E-state index in [1.165, 1.54) is 0 Å². The van der Waals surface area contributed by atoms with Crippen LogP contribution >= 0.6 is 11.6 Å². The highest BCUT2D eigenvalue weighted by molar-refractivity contribution is 6.34. The molecule has 0 saturated carbocycles. The third kappa shape index (κ3) is 3.11. The number of hydrogen-bond donors (Lipinski definition) is 2. The van der Waals surface area contributed by atoms with E-state index in [4.69, 9.17) is 27.3 Å². The number of nitrogens with two attached hydrogens (primary N) is 1. The normalized spacial score (nSPS) is 20.0. The molecule has 1 fully saturated rings. The summed E-state index contributed by atoms with van der Waals surface area (Å²) in [7, 11) is 1.73. The van der Waals surface area contributed by atoms with Gasteiger partial charge in [-0.1, -0.05) is 16.8 Å². The van der Waals surface area contributed by atoms with E-state index in [1.807, 2.05) is 12.1 Å². The predicted molar refractivity (Wildman–Crippen MR) is 76.2 cm³/mol.